The zero-order chi connectivity index (χ0) is 25.0. The first-order chi connectivity index (χ1) is 16.2. The van der Waals surface area contributed by atoms with E-state index in [-0.39, 0.29) is 5.82 Å². The number of benzene rings is 2. The molecule has 34 heavy (non-hydrogen) atoms. The summed E-state index contributed by atoms with van der Waals surface area (Å²) in [5.41, 5.74) is 7.23. The van der Waals surface area contributed by atoms with Gasteiger partial charge in [-0.2, -0.15) is 0 Å². The molecule has 0 aliphatic carbocycles. The maximum atomic E-state index is 13.6. The van der Waals surface area contributed by atoms with Gasteiger partial charge < -0.3 is 10.2 Å². The fraction of sp³-hybridized carbons (Fsp3) is 0.571. The monoisotopic (exact) mass is 487 g/mol. The Bertz CT molecular complexity index is 969. The highest BCUT2D eigenvalue weighted by Gasteiger charge is 2.29. The molecule has 0 bridgehead atoms. The molecule has 2 aromatic carbocycles. The van der Waals surface area contributed by atoms with Gasteiger partial charge in [0.1, 0.15) is 14.1 Å². The first kappa shape index (κ1) is 27.2. The van der Waals surface area contributed by atoms with Crippen LogP contribution in [0, 0.1) is 26.6 Å². The smallest absolute Gasteiger partial charge is 0.126 e. The minimum absolute atomic E-state index is 0.144. The van der Waals surface area contributed by atoms with Crippen molar-refractivity contribution in [1.82, 2.24) is 14.9 Å². The van der Waals surface area contributed by atoms with Gasteiger partial charge in [0.25, 0.3) is 0 Å². The van der Waals surface area contributed by atoms with Crippen LogP contribution in [0.3, 0.4) is 0 Å². The van der Waals surface area contributed by atoms with Crippen molar-refractivity contribution in [2.45, 2.75) is 85.6 Å². The summed E-state index contributed by atoms with van der Waals surface area (Å²) in [7, 11) is 1.34. The van der Waals surface area contributed by atoms with Crippen molar-refractivity contribution in [3.05, 3.63) is 69.5 Å². The minimum atomic E-state index is -0.902. The minimum Gasteiger partial charge on any atom is -0.359 e. The van der Waals surface area contributed by atoms with Gasteiger partial charge in [-0.3, -0.25) is 9.57 Å². The van der Waals surface area contributed by atoms with E-state index in [2.05, 4.69) is 68.7 Å². The van der Waals surface area contributed by atoms with Gasteiger partial charge in [0.05, 0.1) is 0 Å². The number of hydrogen-bond acceptors (Lipinski definition) is 4. The Balaban J connectivity index is 1.71. The summed E-state index contributed by atoms with van der Waals surface area (Å²) < 4.78 is 15.8. The Labute approximate surface area is 207 Å². The second-order valence-corrected chi connectivity index (χ2v) is 11.6. The predicted octanol–water partition coefficient (Wildman–Crippen LogP) is 6.21. The molecule has 0 spiro atoms. The molecule has 4 unspecified atom stereocenters. The van der Waals surface area contributed by atoms with Gasteiger partial charge in [0, 0.05) is 43.9 Å². The van der Waals surface area contributed by atoms with Crippen molar-refractivity contribution in [2.24, 2.45) is 0 Å². The highest BCUT2D eigenvalue weighted by atomic mass is 31.2. The molecule has 188 valence electrons. The summed E-state index contributed by atoms with van der Waals surface area (Å²) in [6, 6.07) is 11.0. The zero-order valence-corrected chi connectivity index (χ0v) is 22.9. The fourth-order valence-electron chi connectivity index (χ4n) is 5.19. The van der Waals surface area contributed by atoms with E-state index in [0.29, 0.717) is 23.7 Å². The number of hydrogen-bond donors (Lipinski definition) is 2. The molecule has 1 saturated heterocycles. The molecule has 1 fully saturated rings. The van der Waals surface area contributed by atoms with E-state index < -0.39 is 8.30 Å². The van der Waals surface area contributed by atoms with Crippen LogP contribution in [0.4, 0.5) is 4.39 Å². The van der Waals surface area contributed by atoms with Crippen molar-refractivity contribution in [3.8, 4) is 0 Å². The first-order valence-electron chi connectivity index (χ1n) is 12.7. The average molecular weight is 488 g/mol. The number of aryl methyl sites for hydroxylation is 1. The van der Waals surface area contributed by atoms with Crippen molar-refractivity contribution in [3.63, 3.8) is 0 Å². The number of nitrogens with zero attached hydrogens (tertiary/aromatic N) is 2. The van der Waals surface area contributed by atoms with Gasteiger partial charge in [-0.1, -0.05) is 38.1 Å². The largest absolute Gasteiger partial charge is 0.359 e. The fourth-order valence-corrected chi connectivity index (χ4v) is 6.17. The van der Waals surface area contributed by atoms with Crippen LogP contribution in [0.1, 0.15) is 73.0 Å². The van der Waals surface area contributed by atoms with E-state index in [9.17, 15) is 9.28 Å². The molecule has 0 amide bonds. The van der Waals surface area contributed by atoms with E-state index in [1.165, 1.54) is 22.3 Å². The zero-order valence-electron chi connectivity index (χ0n) is 22.0. The van der Waals surface area contributed by atoms with Gasteiger partial charge in [0.2, 0.25) is 0 Å². The molecule has 4 nitrogen and oxygen atoms in total. The van der Waals surface area contributed by atoms with Gasteiger partial charge in [0.15, 0.2) is 0 Å². The lowest BCUT2D eigenvalue weighted by Crippen LogP contribution is -2.48. The normalized spacial score (nSPS) is 19.2. The summed E-state index contributed by atoms with van der Waals surface area (Å²) >= 11 is 0. The molecule has 1 heterocycles. The molecule has 2 N–H and O–H groups in total. The molecule has 6 heteroatoms. The third kappa shape index (κ3) is 6.06. The Morgan fingerprint density at radius 1 is 1.12 bits per heavy atom. The maximum Gasteiger partial charge on any atom is 0.126 e. The van der Waals surface area contributed by atoms with E-state index in [1.807, 2.05) is 19.1 Å². The second kappa shape index (κ2) is 12.1. The third-order valence-corrected chi connectivity index (χ3v) is 9.47. The van der Waals surface area contributed by atoms with E-state index in [4.69, 9.17) is 0 Å². The lowest BCUT2D eigenvalue weighted by atomic mass is 9.91. The highest BCUT2D eigenvalue weighted by Crippen LogP contribution is 2.45. The number of nitrogens with one attached hydrogen (secondary N) is 1. The molecular weight excluding hydrogens is 444 g/mol. The van der Waals surface area contributed by atoms with Crippen LogP contribution in [0.5, 0.6) is 0 Å². The SMILES string of the molecule is CCC(NCc1ccc(F)c(C)c1)C(CC)N(C)C(C)c1ccc(CN2CCP2O)c(C)c1C. The summed E-state index contributed by atoms with van der Waals surface area (Å²) in [6.07, 6.45) is 3.03. The lowest BCUT2D eigenvalue weighted by Gasteiger charge is -2.39. The Hall–Kier alpha value is -1.36. The van der Waals surface area contributed by atoms with Crippen molar-refractivity contribution in [2.75, 3.05) is 19.8 Å². The molecule has 4 atom stereocenters. The topological polar surface area (TPSA) is 38.7 Å². The Morgan fingerprint density at radius 3 is 2.41 bits per heavy atom. The number of halogens is 1. The van der Waals surface area contributed by atoms with Crippen molar-refractivity contribution >= 4 is 8.30 Å². The molecule has 1 aliphatic rings. The van der Waals surface area contributed by atoms with Gasteiger partial charge in [-0.15, -0.1) is 0 Å². The van der Waals surface area contributed by atoms with Crippen LogP contribution in [0.15, 0.2) is 30.3 Å². The Kier molecular flexibility index (Phi) is 9.65. The molecule has 3 rings (SSSR count). The predicted molar refractivity (Wildman–Crippen MR) is 143 cm³/mol. The molecular formula is C28H43FN3OP. The first-order valence-corrected chi connectivity index (χ1v) is 14.1. The number of rotatable bonds is 11. The number of likely N-dealkylation sites (N-methyl/N-ethyl adjacent to an activating group) is 1. The molecule has 0 radical (unpaired) electrons. The summed E-state index contributed by atoms with van der Waals surface area (Å²) in [5.74, 6) is -0.144. The van der Waals surface area contributed by atoms with Crippen molar-refractivity contribution < 1.29 is 9.28 Å². The molecule has 1 aliphatic heterocycles. The van der Waals surface area contributed by atoms with Gasteiger partial charge in [-0.25, -0.2) is 4.39 Å². The third-order valence-electron chi connectivity index (χ3n) is 7.88. The van der Waals surface area contributed by atoms with Crippen LogP contribution in [-0.2, 0) is 13.1 Å². The van der Waals surface area contributed by atoms with Crippen LogP contribution in [-0.4, -0.2) is 46.3 Å². The summed E-state index contributed by atoms with van der Waals surface area (Å²) in [6.45, 7) is 15.7. The van der Waals surface area contributed by atoms with Gasteiger partial charge in [-0.05, 0) is 87.0 Å². The van der Waals surface area contributed by atoms with Crippen LogP contribution in [0.25, 0.3) is 0 Å². The van der Waals surface area contributed by atoms with Crippen molar-refractivity contribution in [1.29, 1.82) is 0 Å². The summed E-state index contributed by atoms with van der Waals surface area (Å²) in [4.78, 5) is 12.5. The van der Waals surface area contributed by atoms with E-state index in [0.717, 1.165) is 44.2 Å². The van der Waals surface area contributed by atoms with Crippen LogP contribution < -0.4 is 5.32 Å². The lowest BCUT2D eigenvalue weighted by molar-refractivity contribution is 0.138. The van der Waals surface area contributed by atoms with Crippen LogP contribution >= 0.6 is 8.30 Å². The van der Waals surface area contributed by atoms with Gasteiger partial charge >= 0.3 is 0 Å². The van der Waals surface area contributed by atoms with E-state index >= 15 is 0 Å². The maximum absolute atomic E-state index is 13.6. The molecule has 2 aromatic rings. The molecule has 0 saturated carbocycles. The molecule has 0 aromatic heterocycles. The second-order valence-electron chi connectivity index (χ2n) is 9.84. The quantitative estimate of drug-likeness (QED) is 0.370. The van der Waals surface area contributed by atoms with Crippen LogP contribution in [0.2, 0.25) is 0 Å². The summed E-state index contributed by atoms with van der Waals surface area (Å²) in [5, 5.41) is 3.75. The van der Waals surface area contributed by atoms with E-state index in [1.54, 1.807) is 6.07 Å². The standard InChI is InChI=1S/C28H43FN3OP/c1-8-27(30-17-23-10-13-26(29)19(3)16-23)28(9-2)31(7)22(6)25-12-11-24(20(4)21(25)5)18-32-14-15-34(32)33/h10-13,16,22,27-28,30,33H,8-9,14-15,17-18H2,1-7H3. The average Bonchev–Trinajstić information content (AvgIpc) is 2.82. The highest BCUT2D eigenvalue weighted by molar-refractivity contribution is 7.50. The Morgan fingerprint density at radius 2 is 1.85 bits per heavy atom.